The highest BCUT2D eigenvalue weighted by molar-refractivity contribution is 5.33. The van der Waals surface area contributed by atoms with Crippen LogP contribution in [0, 0.1) is 5.92 Å². The third-order valence-corrected chi connectivity index (χ3v) is 2.44. The van der Waals surface area contributed by atoms with Crippen LogP contribution in [0.3, 0.4) is 0 Å². The molecule has 0 aromatic heterocycles. The van der Waals surface area contributed by atoms with Crippen LogP contribution in [0.4, 0.5) is 0 Å². The summed E-state index contributed by atoms with van der Waals surface area (Å²) in [6.45, 7) is 11.0. The van der Waals surface area contributed by atoms with E-state index in [0.29, 0.717) is 12.5 Å². The maximum absolute atomic E-state index is 5.84. The summed E-state index contributed by atoms with van der Waals surface area (Å²) >= 11 is 0. The predicted octanol–water partition coefficient (Wildman–Crippen LogP) is 3.10. The van der Waals surface area contributed by atoms with E-state index in [9.17, 15) is 0 Å². The Morgan fingerprint density at radius 1 is 1.11 bits per heavy atom. The highest BCUT2D eigenvalue weighted by Gasteiger charge is 2.05. The van der Waals surface area contributed by atoms with Gasteiger partial charge < -0.3 is 14.8 Å². The van der Waals surface area contributed by atoms with Gasteiger partial charge in [0, 0.05) is 12.6 Å². The Bertz CT molecular complexity index is 339. The molecule has 0 saturated heterocycles. The number of nitrogens with one attached hydrogen (secondary N) is 1. The summed E-state index contributed by atoms with van der Waals surface area (Å²) in [5.74, 6) is 2.38. The third kappa shape index (κ3) is 5.92. The first-order valence-electron chi connectivity index (χ1n) is 6.72. The second kappa shape index (κ2) is 7.98. The van der Waals surface area contributed by atoms with Crippen molar-refractivity contribution in [1.29, 1.82) is 0 Å². The summed E-state index contributed by atoms with van der Waals surface area (Å²) < 4.78 is 11.3. The van der Waals surface area contributed by atoms with Crippen LogP contribution in [0.1, 0.15) is 27.7 Å². The average molecular weight is 251 g/mol. The van der Waals surface area contributed by atoms with Crippen molar-refractivity contribution in [2.75, 3.05) is 19.7 Å². The molecule has 0 bridgehead atoms. The van der Waals surface area contributed by atoms with Gasteiger partial charge in [-0.1, -0.05) is 19.9 Å². The lowest BCUT2D eigenvalue weighted by molar-refractivity contribution is 0.214. The number of benzene rings is 1. The molecule has 1 unspecified atom stereocenters. The van der Waals surface area contributed by atoms with E-state index in [2.05, 4.69) is 26.1 Å². The lowest BCUT2D eigenvalue weighted by atomic mass is 10.2. The molecular weight excluding hydrogens is 226 g/mol. The Kier molecular flexibility index (Phi) is 6.58. The molecule has 0 spiro atoms. The first-order chi connectivity index (χ1) is 8.61. The molecule has 1 rings (SSSR count). The molecule has 18 heavy (non-hydrogen) atoms. The van der Waals surface area contributed by atoms with E-state index in [1.807, 2.05) is 31.2 Å². The quantitative estimate of drug-likeness (QED) is 0.770. The van der Waals surface area contributed by atoms with Crippen molar-refractivity contribution < 1.29 is 9.47 Å². The lowest BCUT2D eigenvalue weighted by Gasteiger charge is -2.17. The Morgan fingerprint density at radius 2 is 1.83 bits per heavy atom. The first kappa shape index (κ1) is 14.8. The molecule has 1 N–H and O–H groups in total. The molecule has 1 aromatic carbocycles. The van der Waals surface area contributed by atoms with Crippen molar-refractivity contribution in [2.24, 2.45) is 5.92 Å². The van der Waals surface area contributed by atoms with Crippen molar-refractivity contribution in [3.63, 3.8) is 0 Å². The zero-order valence-corrected chi connectivity index (χ0v) is 11.9. The monoisotopic (exact) mass is 251 g/mol. The predicted molar refractivity (Wildman–Crippen MR) is 75.4 cm³/mol. The van der Waals surface area contributed by atoms with Crippen LogP contribution in [0.2, 0.25) is 0 Å². The molecule has 0 saturated carbocycles. The Balaban J connectivity index is 2.38. The summed E-state index contributed by atoms with van der Waals surface area (Å²) in [6.07, 6.45) is 0.153. The van der Waals surface area contributed by atoms with Gasteiger partial charge in [0.25, 0.3) is 0 Å². The van der Waals surface area contributed by atoms with Crippen LogP contribution >= 0.6 is 0 Å². The van der Waals surface area contributed by atoms with Crippen LogP contribution < -0.4 is 14.8 Å². The van der Waals surface area contributed by atoms with Crippen LogP contribution in [0.15, 0.2) is 24.3 Å². The molecular formula is C15H25NO2. The molecule has 3 nitrogen and oxygen atoms in total. The smallest absolute Gasteiger partial charge is 0.123 e. The largest absolute Gasteiger partial charge is 0.494 e. The number of hydrogen-bond donors (Lipinski definition) is 1. The second-order valence-corrected chi connectivity index (χ2v) is 4.89. The fourth-order valence-corrected chi connectivity index (χ4v) is 1.65. The van der Waals surface area contributed by atoms with Gasteiger partial charge in [-0.25, -0.2) is 0 Å². The van der Waals surface area contributed by atoms with Gasteiger partial charge in [0.2, 0.25) is 0 Å². The number of rotatable bonds is 8. The van der Waals surface area contributed by atoms with E-state index < -0.39 is 0 Å². The fraction of sp³-hybridized carbons (Fsp3) is 0.600. The Labute approximate surface area is 110 Å². The summed E-state index contributed by atoms with van der Waals surface area (Å²) in [6, 6.07) is 7.79. The second-order valence-electron chi connectivity index (χ2n) is 4.89. The number of ether oxygens (including phenoxy) is 2. The van der Waals surface area contributed by atoms with E-state index in [0.717, 1.165) is 24.6 Å². The van der Waals surface area contributed by atoms with Crippen LogP contribution in [-0.4, -0.2) is 25.8 Å². The lowest BCUT2D eigenvalue weighted by Crippen LogP contribution is -2.31. The molecule has 0 heterocycles. The molecule has 3 heteroatoms. The summed E-state index contributed by atoms with van der Waals surface area (Å²) in [5.41, 5.74) is 0. The minimum atomic E-state index is 0.153. The third-order valence-electron chi connectivity index (χ3n) is 2.44. The highest BCUT2D eigenvalue weighted by Crippen LogP contribution is 2.20. The molecule has 102 valence electrons. The zero-order chi connectivity index (χ0) is 13.4. The maximum Gasteiger partial charge on any atom is 0.123 e. The molecule has 0 aliphatic carbocycles. The van der Waals surface area contributed by atoms with Gasteiger partial charge in [0.05, 0.1) is 6.61 Å². The maximum atomic E-state index is 5.84. The van der Waals surface area contributed by atoms with Crippen LogP contribution in [-0.2, 0) is 0 Å². The fourth-order valence-electron chi connectivity index (χ4n) is 1.65. The summed E-state index contributed by atoms with van der Waals surface area (Å²) in [7, 11) is 0. The topological polar surface area (TPSA) is 30.5 Å². The van der Waals surface area contributed by atoms with Gasteiger partial charge in [0.1, 0.15) is 17.6 Å². The molecule has 0 aliphatic rings. The minimum absolute atomic E-state index is 0.153. The average Bonchev–Trinajstić information content (AvgIpc) is 2.29. The number of hydrogen-bond acceptors (Lipinski definition) is 3. The summed E-state index contributed by atoms with van der Waals surface area (Å²) in [4.78, 5) is 0. The summed E-state index contributed by atoms with van der Waals surface area (Å²) in [5, 5.41) is 3.39. The van der Waals surface area contributed by atoms with Crippen LogP contribution in [0.5, 0.6) is 11.5 Å². The van der Waals surface area contributed by atoms with Crippen molar-refractivity contribution in [3.8, 4) is 11.5 Å². The molecule has 0 aliphatic heterocycles. The van der Waals surface area contributed by atoms with Gasteiger partial charge in [-0.05, 0) is 38.4 Å². The van der Waals surface area contributed by atoms with E-state index in [1.165, 1.54) is 0 Å². The van der Waals surface area contributed by atoms with Gasteiger partial charge in [-0.2, -0.15) is 0 Å². The van der Waals surface area contributed by atoms with E-state index in [4.69, 9.17) is 9.47 Å². The Morgan fingerprint density at radius 3 is 2.50 bits per heavy atom. The van der Waals surface area contributed by atoms with Crippen molar-refractivity contribution in [1.82, 2.24) is 5.32 Å². The highest BCUT2D eigenvalue weighted by atomic mass is 16.5. The van der Waals surface area contributed by atoms with Crippen molar-refractivity contribution in [2.45, 2.75) is 33.8 Å². The zero-order valence-electron chi connectivity index (χ0n) is 11.9. The Hall–Kier alpha value is -1.22. The van der Waals surface area contributed by atoms with Gasteiger partial charge in [-0.3, -0.25) is 0 Å². The van der Waals surface area contributed by atoms with E-state index in [1.54, 1.807) is 0 Å². The molecule has 0 radical (unpaired) electrons. The minimum Gasteiger partial charge on any atom is -0.494 e. The van der Waals surface area contributed by atoms with E-state index in [-0.39, 0.29) is 6.10 Å². The van der Waals surface area contributed by atoms with Gasteiger partial charge in [0.15, 0.2) is 0 Å². The van der Waals surface area contributed by atoms with Crippen LogP contribution in [0.25, 0.3) is 0 Å². The molecule has 1 atom stereocenters. The van der Waals surface area contributed by atoms with Crippen molar-refractivity contribution >= 4 is 0 Å². The molecule has 0 amide bonds. The molecule has 1 aromatic rings. The van der Waals surface area contributed by atoms with Gasteiger partial charge >= 0.3 is 0 Å². The van der Waals surface area contributed by atoms with Crippen molar-refractivity contribution in [3.05, 3.63) is 24.3 Å². The standard InChI is InChI=1S/C15H25NO2/c1-5-17-14-7-6-8-15(9-14)18-13(4)11-16-10-12(2)3/h6-9,12-13,16H,5,10-11H2,1-4H3. The first-order valence-corrected chi connectivity index (χ1v) is 6.72. The SMILES string of the molecule is CCOc1cccc(OC(C)CNCC(C)C)c1. The normalized spacial score (nSPS) is 12.5. The van der Waals surface area contributed by atoms with E-state index >= 15 is 0 Å². The molecule has 0 fully saturated rings. The van der Waals surface area contributed by atoms with Gasteiger partial charge in [-0.15, -0.1) is 0 Å².